The molecule has 0 spiro atoms. The predicted molar refractivity (Wildman–Crippen MR) is 337 cm³/mol. The summed E-state index contributed by atoms with van der Waals surface area (Å²) in [7, 11) is 1.49. The highest BCUT2D eigenvalue weighted by molar-refractivity contribution is 7.47. The smallest absolute Gasteiger partial charge is 0.456 e. The van der Waals surface area contributed by atoms with Crippen molar-refractivity contribution >= 4 is 19.7 Å². The van der Waals surface area contributed by atoms with E-state index in [4.69, 9.17) is 13.8 Å². The van der Waals surface area contributed by atoms with Crippen LogP contribution in [0.5, 0.6) is 0 Å². The summed E-state index contributed by atoms with van der Waals surface area (Å²) in [5.74, 6) is -0.518. The number of nitrogens with one attached hydrogen (secondary N) is 1. The van der Waals surface area contributed by atoms with Crippen molar-refractivity contribution in [2.24, 2.45) is 0 Å². The van der Waals surface area contributed by atoms with E-state index in [1.807, 2.05) is 33.3 Å². The first kappa shape index (κ1) is 75.5. The summed E-state index contributed by atoms with van der Waals surface area (Å²) in [6, 6.07) is -0.857. The second-order valence-electron chi connectivity index (χ2n) is 23.3. The Morgan fingerprint density at radius 2 is 0.782 bits per heavy atom. The molecule has 0 aliphatic carbocycles. The number of likely N-dealkylation sites (N-methyl/N-ethyl adjacent to an activating group) is 1. The average Bonchev–Trinajstić information content (AvgIpc) is 3.41. The van der Waals surface area contributed by atoms with Gasteiger partial charge in [0.2, 0.25) is 5.91 Å². The number of nitrogens with zero attached hydrogens (tertiary/aromatic N) is 1. The first-order valence-electron chi connectivity index (χ1n) is 32.8. The molecule has 0 aliphatic heterocycles. The van der Waals surface area contributed by atoms with Crippen molar-refractivity contribution in [3.63, 3.8) is 0 Å². The maximum absolute atomic E-state index is 13.5. The number of carbonyl (C=O) groups excluding carboxylic acids is 2. The average molecular weight is 1110 g/mol. The van der Waals surface area contributed by atoms with E-state index >= 15 is 0 Å². The molecule has 454 valence electrons. The molecule has 0 saturated carbocycles. The quantitative estimate of drug-likeness (QED) is 0.0205. The first-order valence-corrected chi connectivity index (χ1v) is 34.3. The lowest BCUT2D eigenvalue weighted by Crippen LogP contribution is -2.47. The Kier molecular flexibility index (Phi) is 55.8. The fourth-order valence-electron chi connectivity index (χ4n) is 9.27. The van der Waals surface area contributed by atoms with Crippen LogP contribution in [0.2, 0.25) is 0 Å². The molecule has 2 N–H and O–H groups in total. The molecule has 3 atom stereocenters. The van der Waals surface area contributed by atoms with Gasteiger partial charge in [-0.2, -0.15) is 0 Å². The summed E-state index contributed by atoms with van der Waals surface area (Å²) >= 11 is 0. The van der Waals surface area contributed by atoms with Gasteiger partial charge in [-0.1, -0.05) is 255 Å². The second-order valence-corrected chi connectivity index (χ2v) is 24.7. The molecule has 0 bridgehead atoms. The van der Waals surface area contributed by atoms with Crippen molar-refractivity contribution in [2.45, 2.75) is 309 Å². The van der Waals surface area contributed by atoms with Crippen molar-refractivity contribution < 1.29 is 37.3 Å². The third kappa shape index (κ3) is 58.1. The minimum absolute atomic E-state index is 0.0359. The molecule has 0 aromatic heterocycles. The van der Waals surface area contributed by atoms with Gasteiger partial charge in [-0.05, 0) is 102 Å². The zero-order valence-corrected chi connectivity index (χ0v) is 52.8. The van der Waals surface area contributed by atoms with Crippen LogP contribution < -0.4 is 5.32 Å². The highest BCUT2D eigenvalue weighted by atomic mass is 31.2. The van der Waals surface area contributed by atoms with Crippen LogP contribution in [0.25, 0.3) is 0 Å². The first-order chi connectivity index (χ1) is 37.9. The number of allylic oxidation sites excluding steroid dienone is 11. The van der Waals surface area contributed by atoms with Crippen LogP contribution >= 0.6 is 7.82 Å². The molecule has 0 saturated heterocycles. The van der Waals surface area contributed by atoms with Crippen LogP contribution in [0.3, 0.4) is 0 Å². The van der Waals surface area contributed by atoms with Crippen LogP contribution in [-0.2, 0) is 27.9 Å². The predicted octanol–water partition coefficient (Wildman–Crippen LogP) is 20.4. The number of hydrogen-bond acceptors (Lipinski definition) is 6. The number of amides is 1. The Morgan fingerprint density at radius 3 is 1.21 bits per heavy atom. The van der Waals surface area contributed by atoms with Gasteiger partial charge in [0.15, 0.2) is 0 Å². The van der Waals surface area contributed by atoms with Gasteiger partial charge in [-0.3, -0.25) is 18.6 Å². The topological polar surface area (TPSA) is 111 Å². The van der Waals surface area contributed by atoms with Crippen molar-refractivity contribution in [1.29, 1.82) is 0 Å². The van der Waals surface area contributed by atoms with E-state index in [1.165, 1.54) is 154 Å². The molecule has 78 heavy (non-hydrogen) atoms. The molecular weight excluding hydrogens is 988 g/mol. The Balaban J connectivity index is 5.13. The monoisotopic (exact) mass is 1110 g/mol. The van der Waals surface area contributed by atoms with Crippen molar-refractivity contribution in [2.75, 3.05) is 40.9 Å². The Hall–Kier alpha value is -2.55. The Bertz CT molecular complexity index is 1570. The maximum Gasteiger partial charge on any atom is 0.472 e. The molecule has 0 aromatic carbocycles. The summed E-state index contributed by atoms with van der Waals surface area (Å²) < 4.78 is 30.7. The van der Waals surface area contributed by atoms with E-state index in [2.05, 4.69) is 86.8 Å². The molecular formula is C68H126N2O7P+. The van der Waals surface area contributed by atoms with Gasteiger partial charge in [0.1, 0.15) is 19.3 Å². The lowest BCUT2D eigenvalue weighted by molar-refractivity contribution is -0.870. The molecule has 0 fully saturated rings. The molecule has 0 aliphatic rings. The van der Waals surface area contributed by atoms with Crippen LogP contribution in [-0.4, -0.2) is 74.3 Å². The summed E-state index contributed by atoms with van der Waals surface area (Å²) in [5, 5.41) is 3.05. The Labute approximate surface area is 483 Å². The number of quaternary nitrogens is 1. The highest BCUT2D eigenvalue weighted by Crippen LogP contribution is 2.43. The largest absolute Gasteiger partial charge is 0.472 e. The van der Waals surface area contributed by atoms with Gasteiger partial charge in [-0.25, -0.2) is 4.57 Å². The molecule has 10 heteroatoms. The standard InChI is InChI=1S/C68H125N2O7P/c1-7-10-13-16-19-22-25-27-29-31-32-33-34-35-36-37-38-39-41-43-46-49-52-55-58-61-68(72)77-66(59-56-53-50-47-44-24-21-18-15-12-9-3)65(64-76-78(73,74)75-63-62-70(4,5)6)69-67(71)60-57-54-51-48-45-42-40-30-28-26-23-20-17-14-11-8-2/h19,22,27,29-30,32-33,35-36,40,56,59,65-66H,7-18,20-21,23-26,28,31,34,37-39,41-55,57-58,60-64H2,1-6H3,(H-,69,71,73,74)/p+1/b22-19-,29-27-,33-32-,36-35-,40-30+,59-56-. The summed E-state index contributed by atoms with van der Waals surface area (Å²) in [6.07, 6.45) is 74.7. The Morgan fingerprint density at radius 1 is 0.449 bits per heavy atom. The molecule has 9 nitrogen and oxygen atoms in total. The van der Waals surface area contributed by atoms with E-state index in [1.54, 1.807) is 0 Å². The van der Waals surface area contributed by atoms with Crippen molar-refractivity contribution in [3.05, 3.63) is 72.9 Å². The van der Waals surface area contributed by atoms with Gasteiger partial charge >= 0.3 is 13.8 Å². The number of esters is 1. The third-order valence-electron chi connectivity index (χ3n) is 14.4. The summed E-state index contributed by atoms with van der Waals surface area (Å²) in [6.45, 7) is 6.98. The zero-order valence-electron chi connectivity index (χ0n) is 51.9. The fourth-order valence-corrected chi connectivity index (χ4v) is 10.0. The van der Waals surface area contributed by atoms with E-state index in [0.29, 0.717) is 17.4 Å². The minimum atomic E-state index is -4.45. The van der Waals surface area contributed by atoms with Gasteiger partial charge in [0.05, 0.1) is 33.8 Å². The highest BCUT2D eigenvalue weighted by Gasteiger charge is 2.30. The number of carbonyl (C=O) groups is 2. The normalized spacial score (nSPS) is 14.1. The van der Waals surface area contributed by atoms with Crippen LogP contribution in [0.4, 0.5) is 0 Å². The number of unbranched alkanes of at least 4 members (excludes halogenated alkanes) is 33. The molecule has 0 radical (unpaired) electrons. The van der Waals surface area contributed by atoms with Crippen LogP contribution in [0, 0.1) is 0 Å². The number of hydrogen-bond donors (Lipinski definition) is 2. The van der Waals surface area contributed by atoms with E-state index < -0.39 is 20.0 Å². The summed E-state index contributed by atoms with van der Waals surface area (Å²) in [4.78, 5) is 37.7. The van der Waals surface area contributed by atoms with E-state index in [9.17, 15) is 19.0 Å². The lowest BCUT2D eigenvalue weighted by Gasteiger charge is -2.27. The van der Waals surface area contributed by atoms with E-state index in [-0.39, 0.29) is 31.5 Å². The third-order valence-corrected chi connectivity index (χ3v) is 15.4. The zero-order chi connectivity index (χ0) is 57.2. The number of phosphoric ester groups is 1. The van der Waals surface area contributed by atoms with Crippen molar-refractivity contribution in [3.8, 4) is 0 Å². The number of rotatable bonds is 59. The molecule has 0 heterocycles. The van der Waals surface area contributed by atoms with Gasteiger partial charge in [0, 0.05) is 12.8 Å². The summed E-state index contributed by atoms with van der Waals surface area (Å²) in [5.41, 5.74) is 0. The lowest BCUT2D eigenvalue weighted by atomic mass is 10.0. The SMILES string of the molecule is CCCCC/C=C\C/C=C\C/C=C\C/C=C\CCCCCCCCCCCC(=O)OC(/C=C\CCCCCCCCCCC)C(COP(=O)(O)OCC[N+](C)(C)C)NC(=O)CCCCCCC/C=C/CCCCCCCCC. The number of ether oxygens (including phenoxy) is 1. The molecule has 3 unspecified atom stereocenters. The van der Waals surface area contributed by atoms with Gasteiger partial charge in [0.25, 0.3) is 0 Å². The van der Waals surface area contributed by atoms with Crippen LogP contribution in [0.1, 0.15) is 297 Å². The number of phosphoric acid groups is 1. The van der Waals surface area contributed by atoms with Gasteiger partial charge in [-0.15, -0.1) is 0 Å². The molecule has 1 amide bonds. The van der Waals surface area contributed by atoms with Crippen LogP contribution in [0.15, 0.2) is 72.9 Å². The maximum atomic E-state index is 13.5. The second kappa shape index (κ2) is 57.7. The van der Waals surface area contributed by atoms with Gasteiger partial charge < -0.3 is 19.4 Å². The minimum Gasteiger partial charge on any atom is -0.456 e. The molecule has 0 rings (SSSR count). The van der Waals surface area contributed by atoms with Crippen molar-refractivity contribution in [1.82, 2.24) is 5.32 Å². The van der Waals surface area contributed by atoms with E-state index in [0.717, 1.165) is 109 Å². The molecule has 0 aromatic rings. The fraction of sp³-hybridized carbons (Fsp3) is 0.794.